The van der Waals surface area contributed by atoms with E-state index in [0.29, 0.717) is 13.0 Å². The molecule has 0 aliphatic carbocycles. The number of nitrogens with one attached hydrogen (secondary N) is 1. The number of carbonyl (C=O) groups is 3. The molecule has 0 unspecified atom stereocenters. The number of aromatic amines is 1. The highest BCUT2D eigenvalue weighted by molar-refractivity contribution is 5.86. The molecule has 10 nitrogen and oxygen atoms in total. The number of ether oxygens (including phenoxy) is 2. The number of esters is 2. The summed E-state index contributed by atoms with van der Waals surface area (Å²) in [5.74, 6) is -1.85. The number of hydrogen-bond acceptors (Lipinski definition) is 7. The number of benzene rings is 1. The fourth-order valence-corrected chi connectivity index (χ4v) is 3.47. The van der Waals surface area contributed by atoms with Crippen LogP contribution >= 0.6 is 0 Å². The molecule has 160 valence electrons. The van der Waals surface area contributed by atoms with E-state index in [4.69, 9.17) is 9.47 Å². The van der Waals surface area contributed by atoms with Crippen molar-refractivity contribution in [2.24, 2.45) is 0 Å². The third-order valence-electron chi connectivity index (χ3n) is 4.91. The summed E-state index contributed by atoms with van der Waals surface area (Å²) in [6, 6.07) is 5.55. The Balaban J connectivity index is 1.64. The fourth-order valence-electron chi connectivity index (χ4n) is 3.47. The van der Waals surface area contributed by atoms with Crippen molar-refractivity contribution in [3.63, 3.8) is 0 Å². The number of amides is 1. The summed E-state index contributed by atoms with van der Waals surface area (Å²) < 4.78 is 10.9. The Morgan fingerprint density at radius 2 is 1.83 bits per heavy atom. The third-order valence-corrected chi connectivity index (χ3v) is 4.91. The molecular formula is C20H23N3O7. The van der Waals surface area contributed by atoms with Gasteiger partial charge in [0, 0.05) is 6.54 Å². The first kappa shape index (κ1) is 21.3. The van der Waals surface area contributed by atoms with Gasteiger partial charge in [0.25, 0.3) is 17.0 Å². The lowest BCUT2D eigenvalue weighted by atomic mass is 10.0. The molecule has 1 atom stereocenters. The molecule has 0 bridgehead atoms. The number of nitrogens with zero attached hydrogens (tertiary/aromatic N) is 2. The van der Waals surface area contributed by atoms with E-state index in [0.717, 1.165) is 17.5 Å². The number of carbonyl (C=O) groups excluding carboxylic acids is 3. The Labute approximate surface area is 171 Å². The number of fused-ring (bicyclic) bond motifs is 1. The van der Waals surface area contributed by atoms with E-state index < -0.39 is 48.2 Å². The summed E-state index contributed by atoms with van der Waals surface area (Å²) in [7, 11) is 0. The monoisotopic (exact) mass is 417 g/mol. The average molecular weight is 417 g/mol. The van der Waals surface area contributed by atoms with Gasteiger partial charge in [-0.15, -0.1) is 0 Å². The van der Waals surface area contributed by atoms with Crippen LogP contribution in [0, 0.1) is 0 Å². The molecule has 1 amide bonds. The predicted molar refractivity (Wildman–Crippen MR) is 106 cm³/mol. The number of likely N-dealkylation sites (tertiary alicyclic amines) is 1. The van der Waals surface area contributed by atoms with Gasteiger partial charge in [0.1, 0.15) is 12.6 Å². The predicted octanol–water partition coefficient (Wildman–Crippen LogP) is 0.177. The third kappa shape index (κ3) is 4.58. The van der Waals surface area contributed by atoms with Crippen molar-refractivity contribution < 1.29 is 23.9 Å². The first-order valence-electron chi connectivity index (χ1n) is 9.76. The Bertz CT molecular complexity index is 1070. The lowest BCUT2D eigenvalue weighted by Gasteiger charge is -2.33. The summed E-state index contributed by atoms with van der Waals surface area (Å²) in [6.07, 6.45) is 2.03. The van der Waals surface area contributed by atoms with Gasteiger partial charge in [0.05, 0.1) is 17.4 Å². The molecule has 0 saturated carbocycles. The summed E-state index contributed by atoms with van der Waals surface area (Å²) in [6.45, 7) is 1.16. The van der Waals surface area contributed by atoms with Crippen LogP contribution in [0.25, 0.3) is 10.8 Å². The first-order valence-corrected chi connectivity index (χ1v) is 9.76. The summed E-state index contributed by atoms with van der Waals surface area (Å²) >= 11 is 0. The zero-order valence-corrected chi connectivity index (χ0v) is 16.6. The summed E-state index contributed by atoms with van der Waals surface area (Å²) in [5, 5.41) is 2.72. The molecule has 3 rings (SSSR count). The molecule has 1 fully saturated rings. The Morgan fingerprint density at radius 3 is 2.57 bits per heavy atom. The van der Waals surface area contributed by atoms with Gasteiger partial charge < -0.3 is 14.4 Å². The largest absolute Gasteiger partial charge is 0.464 e. The second kappa shape index (κ2) is 9.38. The molecule has 1 aromatic heterocycles. The number of H-pyrrole nitrogens is 1. The fraction of sp³-hybridized carbons (Fsp3) is 0.450. The lowest BCUT2D eigenvalue weighted by molar-refractivity contribution is -0.161. The highest BCUT2D eigenvalue weighted by atomic mass is 16.5. The zero-order chi connectivity index (χ0) is 21.7. The van der Waals surface area contributed by atoms with Crippen molar-refractivity contribution in [2.75, 3.05) is 19.8 Å². The van der Waals surface area contributed by atoms with E-state index in [1.54, 1.807) is 19.1 Å². The quantitative estimate of drug-likeness (QED) is 0.664. The molecule has 30 heavy (non-hydrogen) atoms. The smallest absolute Gasteiger partial charge is 0.328 e. The number of rotatable bonds is 6. The summed E-state index contributed by atoms with van der Waals surface area (Å²) in [4.78, 5) is 62.6. The Morgan fingerprint density at radius 1 is 1.10 bits per heavy atom. The normalized spacial score (nSPS) is 16.3. The molecule has 10 heteroatoms. The topological polar surface area (TPSA) is 128 Å². The minimum atomic E-state index is -0.860. The van der Waals surface area contributed by atoms with E-state index in [1.165, 1.54) is 17.0 Å². The number of aromatic nitrogens is 2. The molecule has 1 aromatic carbocycles. The van der Waals surface area contributed by atoms with Crippen LogP contribution in [0.3, 0.4) is 0 Å². The minimum Gasteiger partial charge on any atom is -0.464 e. The average Bonchev–Trinajstić information content (AvgIpc) is 2.76. The Hall–Kier alpha value is -3.43. The van der Waals surface area contributed by atoms with Crippen LogP contribution in [-0.4, -0.2) is 58.3 Å². The van der Waals surface area contributed by atoms with Gasteiger partial charge in [0.2, 0.25) is 0 Å². The standard InChI is InChI=1S/C20H23N3O7/c1-2-29-20(28)15-9-5-6-10-22(15)16(24)12-30-17(25)11-23-19(27)14-8-4-3-7-13(14)18(26)21-23/h3-4,7-8,15H,2,5-6,9-12H2,1H3,(H,21,26)/t15-/m1/s1. The van der Waals surface area contributed by atoms with Crippen LogP contribution in [0.2, 0.25) is 0 Å². The van der Waals surface area contributed by atoms with Gasteiger partial charge in [-0.3, -0.25) is 24.3 Å². The molecule has 0 radical (unpaired) electrons. The Kier molecular flexibility index (Phi) is 6.65. The SMILES string of the molecule is CCOC(=O)[C@H]1CCCCN1C(=O)COC(=O)Cn1[nH]c(=O)c2ccccc2c1=O. The van der Waals surface area contributed by atoms with Gasteiger partial charge in [-0.1, -0.05) is 12.1 Å². The van der Waals surface area contributed by atoms with Crippen molar-refractivity contribution in [1.29, 1.82) is 0 Å². The van der Waals surface area contributed by atoms with Crippen LogP contribution in [-0.2, 0) is 30.4 Å². The maximum Gasteiger partial charge on any atom is 0.328 e. The second-order valence-electron chi connectivity index (χ2n) is 6.89. The van der Waals surface area contributed by atoms with Gasteiger partial charge in [-0.2, -0.15) is 0 Å². The molecule has 2 aromatic rings. The first-order chi connectivity index (χ1) is 14.4. The van der Waals surface area contributed by atoms with Crippen LogP contribution < -0.4 is 11.1 Å². The van der Waals surface area contributed by atoms with Crippen molar-refractivity contribution in [1.82, 2.24) is 14.7 Å². The van der Waals surface area contributed by atoms with Crippen LogP contribution in [0.1, 0.15) is 26.2 Å². The van der Waals surface area contributed by atoms with Gasteiger partial charge in [-0.25, -0.2) is 9.48 Å². The van der Waals surface area contributed by atoms with Crippen LogP contribution in [0.5, 0.6) is 0 Å². The van der Waals surface area contributed by atoms with Crippen LogP contribution in [0.15, 0.2) is 33.9 Å². The molecule has 1 aliphatic rings. The second-order valence-corrected chi connectivity index (χ2v) is 6.89. The van der Waals surface area contributed by atoms with E-state index in [1.807, 2.05) is 0 Å². The maximum absolute atomic E-state index is 12.5. The highest BCUT2D eigenvalue weighted by Crippen LogP contribution is 2.18. The minimum absolute atomic E-state index is 0.177. The van der Waals surface area contributed by atoms with Gasteiger partial charge >= 0.3 is 11.9 Å². The van der Waals surface area contributed by atoms with E-state index in [2.05, 4.69) is 5.10 Å². The molecule has 0 spiro atoms. The zero-order valence-electron chi connectivity index (χ0n) is 16.6. The molecule has 2 heterocycles. The van der Waals surface area contributed by atoms with Gasteiger partial charge in [0.15, 0.2) is 6.61 Å². The van der Waals surface area contributed by atoms with Crippen LogP contribution in [0.4, 0.5) is 0 Å². The molecular weight excluding hydrogens is 394 g/mol. The maximum atomic E-state index is 12.5. The highest BCUT2D eigenvalue weighted by Gasteiger charge is 2.33. The molecule has 1 aliphatic heterocycles. The molecule has 1 N–H and O–H groups in total. The van der Waals surface area contributed by atoms with E-state index in [9.17, 15) is 24.0 Å². The van der Waals surface area contributed by atoms with E-state index >= 15 is 0 Å². The number of piperidine rings is 1. The lowest BCUT2D eigenvalue weighted by Crippen LogP contribution is -2.50. The van der Waals surface area contributed by atoms with Gasteiger partial charge in [-0.05, 0) is 38.3 Å². The summed E-state index contributed by atoms with van der Waals surface area (Å²) in [5.41, 5.74) is -1.06. The molecule has 1 saturated heterocycles. The van der Waals surface area contributed by atoms with Crippen molar-refractivity contribution >= 4 is 28.6 Å². The van der Waals surface area contributed by atoms with Crippen molar-refractivity contribution in [2.45, 2.75) is 38.8 Å². The number of hydrogen-bond donors (Lipinski definition) is 1. The van der Waals surface area contributed by atoms with E-state index in [-0.39, 0.29) is 17.4 Å². The van der Waals surface area contributed by atoms with Crippen molar-refractivity contribution in [3.05, 3.63) is 45.0 Å². The van der Waals surface area contributed by atoms with Crippen molar-refractivity contribution in [3.8, 4) is 0 Å².